The fourth-order valence-corrected chi connectivity index (χ4v) is 2.09. The molecule has 0 spiro atoms. The maximum Gasteiger partial charge on any atom is 0.0745 e. The molecule has 18 heavy (non-hydrogen) atoms. The van der Waals surface area contributed by atoms with Gasteiger partial charge in [-0.05, 0) is 42.3 Å². The summed E-state index contributed by atoms with van der Waals surface area (Å²) in [5.41, 5.74) is 3.16. The summed E-state index contributed by atoms with van der Waals surface area (Å²) in [5, 5.41) is 13.5. The van der Waals surface area contributed by atoms with Crippen LogP contribution in [-0.4, -0.2) is 11.7 Å². The minimum absolute atomic E-state index is 0.0221. The van der Waals surface area contributed by atoms with E-state index in [1.165, 1.54) is 5.56 Å². The highest BCUT2D eigenvalue weighted by Gasteiger charge is 2.10. The Morgan fingerprint density at radius 2 is 1.94 bits per heavy atom. The molecule has 0 bridgehead atoms. The molecule has 94 valence electrons. The maximum atomic E-state index is 9.50. The van der Waals surface area contributed by atoms with Gasteiger partial charge < -0.3 is 10.4 Å². The van der Waals surface area contributed by atoms with E-state index >= 15 is 0 Å². The highest BCUT2D eigenvalue weighted by Crippen LogP contribution is 2.22. The molecular weight excluding hydrogens is 246 g/mol. The molecule has 3 heteroatoms. The molecule has 1 unspecified atom stereocenters. The van der Waals surface area contributed by atoms with Crippen LogP contribution < -0.4 is 5.32 Å². The molecular formula is C15H16ClNO. The first-order valence-electron chi connectivity index (χ1n) is 5.88. The summed E-state index contributed by atoms with van der Waals surface area (Å²) in [4.78, 5) is 0. The van der Waals surface area contributed by atoms with Crippen molar-refractivity contribution < 1.29 is 5.11 Å². The van der Waals surface area contributed by atoms with Crippen LogP contribution in [0.2, 0.25) is 5.02 Å². The van der Waals surface area contributed by atoms with Crippen LogP contribution in [0.1, 0.15) is 17.2 Å². The molecule has 0 saturated carbocycles. The average Bonchev–Trinajstić information content (AvgIpc) is 2.36. The zero-order valence-corrected chi connectivity index (χ0v) is 11.0. The fourth-order valence-electron chi connectivity index (χ4n) is 1.89. The highest BCUT2D eigenvalue weighted by molar-refractivity contribution is 6.30. The molecule has 0 amide bonds. The zero-order chi connectivity index (χ0) is 13.0. The first kappa shape index (κ1) is 12.9. The number of halogens is 1. The Labute approximate surface area is 112 Å². The van der Waals surface area contributed by atoms with E-state index in [9.17, 15) is 5.11 Å². The van der Waals surface area contributed by atoms with Crippen LogP contribution in [0.15, 0.2) is 48.5 Å². The van der Waals surface area contributed by atoms with E-state index in [1.807, 2.05) is 55.5 Å². The van der Waals surface area contributed by atoms with Crippen molar-refractivity contribution in [3.63, 3.8) is 0 Å². The van der Waals surface area contributed by atoms with E-state index in [-0.39, 0.29) is 12.6 Å². The van der Waals surface area contributed by atoms with Gasteiger partial charge in [-0.1, -0.05) is 35.9 Å². The van der Waals surface area contributed by atoms with Crippen LogP contribution in [-0.2, 0) is 0 Å². The SMILES string of the molecule is Cc1cccc(NC(CO)c2cccc(Cl)c2)c1. The van der Waals surface area contributed by atoms with E-state index in [0.717, 1.165) is 11.3 Å². The molecule has 2 aromatic rings. The van der Waals surface area contributed by atoms with Crippen molar-refractivity contribution in [3.05, 3.63) is 64.7 Å². The normalized spacial score (nSPS) is 12.2. The molecule has 1 atom stereocenters. The maximum absolute atomic E-state index is 9.50. The summed E-state index contributed by atoms with van der Waals surface area (Å²) in [6.07, 6.45) is 0. The van der Waals surface area contributed by atoms with Crippen molar-refractivity contribution >= 4 is 17.3 Å². The predicted octanol–water partition coefficient (Wildman–Crippen LogP) is 3.79. The third kappa shape index (κ3) is 3.25. The summed E-state index contributed by atoms with van der Waals surface area (Å²) in [7, 11) is 0. The number of aliphatic hydroxyl groups is 1. The standard InChI is InChI=1S/C15H16ClNO/c1-11-4-2-7-14(8-11)17-15(10-18)12-5-3-6-13(16)9-12/h2-9,15,17-18H,10H2,1H3. The van der Waals surface area contributed by atoms with Crippen molar-refractivity contribution in [1.29, 1.82) is 0 Å². The molecule has 2 rings (SSSR count). The molecule has 0 saturated heterocycles. The van der Waals surface area contributed by atoms with Gasteiger partial charge in [0.25, 0.3) is 0 Å². The molecule has 0 heterocycles. The Kier molecular flexibility index (Phi) is 4.24. The Hall–Kier alpha value is -1.51. The molecule has 0 aromatic heterocycles. The topological polar surface area (TPSA) is 32.3 Å². The summed E-state index contributed by atoms with van der Waals surface area (Å²) in [6, 6.07) is 15.5. The van der Waals surface area contributed by atoms with Crippen molar-refractivity contribution in [2.75, 3.05) is 11.9 Å². The van der Waals surface area contributed by atoms with E-state index in [2.05, 4.69) is 5.32 Å². The van der Waals surface area contributed by atoms with Gasteiger partial charge in [-0.2, -0.15) is 0 Å². The second-order valence-electron chi connectivity index (χ2n) is 4.30. The van der Waals surface area contributed by atoms with Gasteiger partial charge in [0.2, 0.25) is 0 Å². The smallest absolute Gasteiger partial charge is 0.0745 e. The van der Waals surface area contributed by atoms with Crippen molar-refractivity contribution in [2.24, 2.45) is 0 Å². The summed E-state index contributed by atoms with van der Waals surface area (Å²) >= 11 is 5.96. The van der Waals surface area contributed by atoms with E-state index in [0.29, 0.717) is 5.02 Å². The van der Waals surface area contributed by atoms with Gasteiger partial charge in [-0.15, -0.1) is 0 Å². The number of aryl methyl sites for hydroxylation is 1. The molecule has 2 aromatic carbocycles. The molecule has 2 nitrogen and oxygen atoms in total. The van der Waals surface area contributed by atoms with Crippen molar-refractivity contribution in [3.8, 4) is 0 Å². The van der Waals surface area contributed by atoms with Gasteiger partial charge in [-0.3, -0.25) is 0 Å². The van der Waals surface area contributed by atoms with Gasteiger partial charge in [0.15, 0.2) is 0 Å². The van der Waals surface area contributed by atoms with Gasteiger partial charge in [0, 0.05) is 10.7 Å². The van der Waals surface area contributed by atoms with Crippen LogP contribution >= 0.6 is 11.6 Å². The lowest BCUT2D eigenvalue weighted by molar-refractivity contribution is 0.276. The molecule has 0 radical (unpaired) electrons. The quantitative estimate of drug-likeness (QED) is 0.878. The van der Waals surface area contributed by atoms with Gasteiger partial charge in [-0.25, -0.2) is 0 Å². The lowest BCUT2D eigenvalue weighted by Gasteiger charge is -2.18. The average molecular weight is 262 g/mol. The third-order valence-corrected chi connectivity index (χ3v) is 3.03. The Morgan fingerprint density at radius 3 is 2.61 bits per heavy atom. The largest absolute Gasteiger partial charge is 0.394 e. The lowest BCUT2D eigenvalue weighted by Crippen LogP contribution is -2.14. The van der Waals surface area contributed by atoms with Crippen molar-refractivity contribution in [1.82, 2.24) is 0 Å². The molecule has 0 fully saturated rings. The van der Waals surface area contributed by atoms with E-state index < -0.39 is 0 Å². The minimum Gasteiger partial charge on any atom is -0.394 e. The van der Waals surface area contributed by atoms with Gasteiger partial charge >= 0.3 is 0 Å². The van der Waals surface area contributed by atoms with Crippen LogP contribution in [0, 0.1) is 6.92 Å². The zero-order valence-electron chi connectivity index (χ0n) is 10.2. The third-order valence-electron chi connectivity index (χ3n) is 2.79. The monoisotopic (exact) mass is 261 g/mol. The lowest BCUT2D eigenvalue weighted by atomic mass is 10.1. The van der Waals surface area contributed by atoms with Crippen molar-refractivity contribution in [2.45, 2.75) is 13.0 Å². The molecule has 2 N–H and O–H groups in total. The van der Waals surface area contributed by atoms with Crippen LogP contribution in [0.3, 0.4) is 0 Å². The number of anilines is 1. The number of hydrogen-bond acceptors (Lipinski definition) is 2. The first-order chi connectivity index (χ1) is 8.69. The second-order valence-corrected chi connectivity index (χ2v) is 4.74. The highest BCUT2D eigenvalue weighted by atomic mass is 35.5. The van der Waals surface area contributed by atoms with Gasteiger partial charge in [0.05, 0.1) is 12.6 Å². The number of hydrogen-bond donors (Lipinski definition) is 2. The Bertz CT molecular complexity index is 527. The first-order valence-corrected chi connectivity index (χ1v) is 6.26. The predicted molar refractivity (Wildman–Crippen MR) is 76.1 cm³/mol. The number of nitrogens with one attached hydrogen (secondary N) is 1. The fraction of sp³-hybridized carbons (Fsp3) is 0.200. The molecule has 0 aliphatic heterocycles. The summed E-state index contributed by atoms with van der Waals surface area (Å²) in [6.45, 7) is 2.06. The molecule has 0 aliphatic rings. The second kappa shape index (κ2) is 5.89. The van der Waals surface area contributed by atoms with Crippen LogP contribution in [0.4, 0.5) is 5.69 Å². The summed E-state index contributed by atoms with van der Waals surface area (Å²) in [5.74, 6) is 0. The Balaban J connectivity index is 2.19. The molecule has 0 aliphatic carbocycles. The number of aliphatic hydroxyl groups excluding tert-OH is 1. The van der Waals surface area contributed by atoms with Crippen LogP contribution in [0.25, 0.3) is 0 Å². The van der Waals surface area contributed by atoms with E-state index in [4.69, 9.17) is 11.6 Å². The van der Waals surface area contributed by atoms with E-state index in [1.54, 1.807) is 0 Å². The number of rotatable bonds is 4. The minimum atomic E-state index is -0.148. The van der Waals surface area contributed by atoms with Crippen LogP contribution in [0.5, 0.6) is 0 Å². The Morgan fingerprint density at radius 1 is 1.17 bits per heavy atom. The van der Waals surface area contributed by atoms with Gasteiger partial charge in [0.1, 0.15) is 0 Å². The number of benzene rings is 2. The summed E-state index contributed by atoms with van der Waals surface area (Å²) < 4.78 is 0.